The third-order valence-corrected chi connectivity index (χ3v) is 1.25. The van der Waals surface area contributed by atoms with Gasteiger partial charge in [0.15, 0.2) is 0 Å². The van der Waals surface area contributed by atoms with Crippen LogP contribution in [0.4, 0.5) is 0 Å². The molecule has 66 valence electrons. The number of amides is 1. The molecule has 0 aliphatic rings. The molecule has 0 radical (unpaired) electrons. The Bertz CT molecular complexity index is 217. The fraction of sp³-hybridized carbons (Fsp3) is 0.500. The second-order valence-electron chi connectivity index (χ2n) is 2.33. The van der Waals surface area contributed by atoms with Crippen LogP contribution in [0.5, 0.6) is 0 Å². The summed E-state index contributed by atoms with van der Waals surface area (Å²) < 4.78 is 0. The Morgan fingerprint density at radius 3 is 2.58 bits per heavy atom. The molecule has 0 aliphatic carbocycles. The third kappa shape index (κ3) is 4.34. The molecule has 0 aromatic heterocycles. The number of aliphatic carboxylic acids is 1. The summed E-state index contributed by atoms with van der Waals surface area (Å²) in [5, 5.41) is 10.8. The van der Waals surface area contributed by atoms with E-state index in [0.29, 0.717) is 6.42 Å². The molecule has 0 aromatic carbocycles. The first-order valence-electron chi connectivity index (χ1n) is 3.51. The van der Waals surface area contributed by atoms with Gasteiger partial charge in [-0.1, -0.05) is 0 Å². The van der Waals surface area contributed by atoms with E-state index in [4.69, 9.17) is 11.5 Å². The van der Waals surface area contributed by atoms with Crippen molar-refractivity contribution in [3.63, 3.8) is 0 Å². The van der Waals surface area contributed by atoms with E-state index in [-0.39, 0.29) is 12.3 Å². The van der Waals surface area contributed by atoms with Crippen molar-refractivity contribution in [2.75, 3.05) is 0 Å². The molecule has 0 unspecified atom stereocenters. The van der Waals surface area contributed by atoms with Gasteiger partial charge < -0.3 is 10.4 Å². The Kier molecular flexibility index (Phi) is 4.54. The average Bonchev–Trinajstić information content (AvgIpc) is 1.96. The highest BCUT2D eigenvalue weighted by Gasteiger charge is 2.16. The molecule has 4 nitrogen and oxygen atoms in total. The summed E-state index contributed by atoms with van der Waals surface area (Å²) >= 11 is 0. The van der Waals surface area contributed by atoms with Crippen LogP contribution in [0, 0.1) is 12.3 Å². The maximum atomic E-state index is 10.5. The molecular formula is C8H11NO3. The van der Waals surface area contributed by atoms with Crippen LogP contribution in [0.25, 0.3) is 0 Å². The highest BCUT2D eigenvalue weighted by Crippen LogP contribution is 1.96. The van der Waals surface area contributed by atoms with Crippen molar-refractivity contribution in [3.8, 4) is 12.3 Å². The van der Waals surface area contributed by atoms with Crippen molar-refractivity contribution in [2.45, 2.75) is 25.8 Å². The topological polar surface area (TPSA) is 66.4 Å². The fourth-order valence-electron chi connectivity index (χ4n) is 0.730. The van der Waals surface area contributed by atoms with Gasteiger partial charge in [-0.3, -0.25) is 4.79 Å². The Balaban J connectivity index is 3.97. The van der Waals surface area contributed by atoms with Gasteiger partial charge in [0.1, 0.15) is 6.04 Å². The molecule has 0 bridgehead atoms. The molecule has 0 aliphatic heterocycles. The molecule has 0 spiro atoms. The molecule has 0 saturated heterocycles. The highest BCUT2D eigenvalue weighted by atomic mass is 16.4. The van der Waals surface area contributed by atoms with Crippen molar-refractivity contribution in [3.05, 3.63) is 0 Å². The lowest BCUT2D eigenvalue weighted by atomic mass is 10.1. The van der Waals surface area contributed by atoms with Crippen LogP contribution in [0.2, 0.25) is 0 Å². The smallest absolute Gasteiger partial charge is 0.326 e. The van der Waals surface area contributed by atoms with E-state index in [1.54, 1.807) is 0 Å². The third-order valence-electron chi connectivity index (χ3n) is 1.25. The normalized spacial score (nSPS) is 11.3. The molecule has 1 atom stereocenters. The van der Waals surface area contributed by atoms with E-state index >= 15 is 0 Å². The Morgan fingerprint density at radius 2 is 2.25 bits per heavy atom. The monoisotopic (exact) mass is 169 g/mol. The number of nitrogens with one attached hydrogen (secondary N) is 1. The van der Waals surface area contributed by atoms with E-state index in [1.165, 1.54) is 6.92 Å². The van der Waals surface area contributed by atoms with E-state index in [0.717, 1.165) is 0 Å². The minimum absolute atomic E-state index is 0.269. The van der Waals surface area contributed by atoms with Crippen LogP contribution in [0.3, 0.4) is 0 Å². The average molecular weight is 169 g/mol. The Hall–Kier alpha value is -1.50. The molecule has 12 heavy (non-hydrogen) atoms. The summed E-state index contributed by atoms with van der Waals surface area (Å²) in [5.74, 6) is 0.895. The Morgan fingerprint density at radius 1 is 1.67 bits per heavy atom. The lowest BCUT2D eigenvalue weighted by Gasteiger charge is -2.10. The van der Waals surface area contributed by atoms with Gasteiger partial charge in [-0.2, -0.15) is 0 Å². The van der Waals surface area contributed by atoms with Crippen LogP contribution in [0.15, 0.2) is 0 Å². The summed E-state index contributed by atoms with van der Waals surface area (Å²) in [7, 11) is 0. The number of carbonyl (C=O) groups is 2. The van der Waals surface area contributed by atoms with E-state index in [9.17, 15) is 9.59 Å². The zero-order chi connectivity index (χ0) is 9.56. The van der Waals surface area contributed by atoms with Gasteiger partial charge >= 0.3 is 5.97 Å². The predicted octanol–water partition coefficient (Wildman–Crippen LogP) is -0.0109. The van der Waals surface area contributed by atoms with Gasteiger partial charge in [0.25, 0.3) is 0 Å². The maximum absolute atomic E-state index is 10.5. The number of carbonyl (C=O) groups excluding carboxylic acids is 1. The predicted molar refractivity (Wildman–Crippen MR) is 43.3 cm³/mol. The summed E-state index contributed by atoms with van der Waals surface area (Å²) in [4.78, 5) is 21.0. The van der Waals surface area contributed by atoms with E-state index in [2.05, 4.69) is 11.2 Å². The van der Waals surface area contributed by atoms with Gasteiger partial charge in [0, 0.05) is 13.3 Å². The molecule has 0 fully saturated rings. The molecule has 0 heterocycles. The maximum Gasteiger partial charge on any atom is 0.326 e. The molecule has 0 aromatic rings. The number of hydrogen-bond acceptors (Lipinski definition) is 2. The molecular weight excluding hydrogens is 158 g/mol. The van der Waals surface area contributed by atoms with Crippen molar-refractivity contribution in [1.82, 2.24) is 5.32 Å². The van der Waals surface area contributed by atoms with Crippen molar-refractivity contribution in [2.24, 2.45) is 0 Å². The van der Waals surface area contributed by atoms with Gasteiger partial charge in [0.2, 0.25) is 5.91 Å². The first kappa shape index (κ1) is 10.5. The zero-order valence-electron chi connectivity index (χ0n) is 6.83. The highest BCUT2D eigenvalue weighted by molar-refractivity contribution is 5.81. The van der Waals surface area contributed by atoms with Crippen LogP contribution in [-0.4, -0.2) is 23.0 Å². The van der Waals surface area contributed by atoms with Gasteiger partial charge in [-0.25, -0.2) is 4.79 Å². The first-order chi connectivity index (χ1) is 5.57. The largest absolute Gasteiger partial charge is 0.480 e. The second kappa shape index (κ2) is 5.19. The number of rotatable bonds is 4. The van der Waals surface area contributed by atoms with Crippen molar-refractivity contribution < 1.29 is 14.7 Å². The minimum atomic E-state index is -1.06. The first-order valence-corrected chi connectivity index (χ1v) is 3.51. The van der Waals surface area contributed by atoms with E-state index < -0.39 is 12.0 Å². The van der Waals surface area contributed by atoms with Crippen molar-refractivity contribution in [1.29, 1.82) is 0 Å². The number of carboxylic acid groups (broad SMARTS) is 1. The SMILES string of the molecule is C#CCC[C@H](NC(C)=O)C(=O)O. The van der Waals surface area contributed by atoms with Crippen molar-refractivity contribution >= 4 is 11.9 Å². The fourth-order valence-corrected chi connectivity index (χ4v) is 0.730. The van der Waals surface area contributed by atoms with Gasteiger partial charge in [0.05, 0.1) is 0 Å². The quantitative estimate of drug-likeness (QED) is 0.581. The summed E-state index contributed by atoms with van der Waals surface area (Å²) in [6, 6.07) is -0.862. The molecule has 2 N–H and O–H groups in total. The van der Waals surface area contributed by atoms with E-state index in [1.807, 2.05) is 0 Å². The number of terminal acetylenes is 1. The minimum Gasteiger partial charge on any atom is -0.480 e. The standard InChI is InChI=1S/C8H11NO3/c1-3-4-5-7(8(11)12)9-6(2)10/h1,7H,4-5H2,2H3,(H,9,10)(H,11,12)/t7-/m0/s1. The Labute approximate surface area is 71.0 Å². The molecule has 0 rings (SSSR count). The summed E-state index contributed by atoms with van der Waals surface area (Å²) in [6.07, 6.45) is 5.57. The number of carboxylic acids is 1. The lowest BCUT2D eigenvalue weighted by molar-refractivity contribution is -0.141. The zero-order valence-corrected chi connectivity index (χ0v) is 6.83. The molecule has 0 saturated carbocycles. The molecule has 4 heteroatoms. The number of hydrogen-bond donors (Lipinski definition) is 2. The van der Waals surface area contributed by atoms with Crippen LogP contribution >= 0.6 is 0 Å². The van der Waals surface area contributed by atoms with Crippen LogP contribution in [0.1, 0.15) is 19.8 Å². The van der Waals surface area contributed by atoms with Gasteiger partial charge in [-0.05, 0) is 6.42 Å². The summed E-state index contributed by atoms with van der Waals surface area (Å²) in [6.45, 7) is 1.27. The van der Waals surface area contributed by atoms with Crippen LogP contribution < -0.4 is 5.32 Å². The van der Waals surface area contributed by atoms with Gasteiger partial charge in [-0.15, -0.1) is 12.3 Å². The van der Waals surface area contributed by atoms with Crippen LogP contribution in [-0.2, 0) is 9.59 Å². The summed E-state index contributed by atoms with van der Waals surface area (Å²) in [5.41, 5.74) is 0. The molecule has 1 amide bonds. The lowest BCUT2D eigenvalue weighted by Crippen LogP contribution is -2.39. The second-order valence-corrected chi connectivity index (χ2v) is 2.33.